The number of benzene rings is 2. The number of hydrogen-bond donors (Lipinski definition) is 2. The van der Waals surface area contributed by atoms with Gasteiger partial charge in [0.05, 0.1) is 24.2 Å². The zero-order chi connectivity index (χ0) is 20.1. The van der Waals surface area contributed by atoms with Crippen molar-refractivity contribution >= 4 is 15.9 Å². The largest absolute Gasteiger partial charge is 0.379 e. The van der Waals surface area contributed by atoms with Crippen molar-refractivity contribution in [1.29, 1.82) is 0 Å². The van der Waals surface area contributed by atoms with Crippen LogP contribution in [0.5, 0.6) is 0 Å². The molecule has 28 heavy (non-hydrogen) atoms. The van der Waals surface area contributed by atoms with Crippen molar-refractivity contribution in [3.63, 3.8) is 0 Å². The Morgan fingerprint density at radius 1 is 1.18 bits per heavy atom. The Bertz CT molecular complexity index is 940. The summed E-state index contributed by atoms with van der Waals surface area (Å²) in [4.78, 5) is 15.0. The van der Waals surface area contributed by atoms with Crippen molar-refractivity contribution < 1.29 is 17.9 Å². The molecule has 150 valence electrons. The molecule has 1 aliphatic rings. The third-order valence-electron chi connectivity index (χ3n) is 4.73. The molecule has 3 rings (SSSR count). The monoisotopic (exact) mass is 403 g/mol. The van der Waals surface area contributed by atoms with Crippen molar-refractivity contribution in [2.45, 2.75) is 24.4 Å². The number of ether oxygens (including phenoxy) is 1. The molecule has 0 aliphatic carbocycles. The van der Waals surface area contributed by atoms with Gasteiger partial charge in [-0.2, -0.15) is 0 Å². The van der Waals surface area contributed by atoms with Gasteiger partial charge in [-0.3, -0.25) is 9.69 Å². The molecule has 0 bridgehead atoms. The smallest absolute Gasteiger partial charge is 0.251 e. The summed E-state index contributed by atoms with van der Waals surface area (Å²) in [6.07, 6.45) is 0. The minimum atomic E-state index is -3.79. The fourth-order valence-corrected chi connectivity index (χ4v) is 3.72. The van der Waals surface area contributed by atoms with Gasteiger partial charge in [0, 0.05) is 25.2 Å². The molecule has 0 radical (unpaired) electrons. The van der Waals surface area contributed by atoms with Crippen molar-refractivity contribution in [1.82, 2.24) is 10.2 Å². The summed E-state index contributed by atoms with van der Waals surface area (Å²) in [5.74, 6) is -0.211. The lowest BCUT2D eigenvalue weighted by atomic mass is 10.1. The lowest BCUT2D eigenvalue weighted by molar-refractivity contribution is 0.0342. The fraction of sp³-hybridized carbons (Fsp3) is 0.350. The number of carbonyl (C=O) groups is 1. The van der Waals surface area contributed by atoms with Crippen molar-refractivity contribution in [2.24, 2.45) is 5.14 Å². The Labute approximate surface area is 165 Å². The molecule has 1 fully saturated rings. The highest BCUT2D eigenvalue weighted by atomic mass is 32.2. The molecule has 3 N–H and O–H groups in total. The Kier molecular flexibility index (Phi) is 6.46. The van der Waals surface area contributed by atoms with Gasteiger partial charge in [0.2, 0.25) is 10.0 Å². The minimum Gasteiger partial charge on any atom is -0.379 e. The molecule has 1 heterocycles. The van der Waals surface area contributed by atoms with Crippen LogP contribution < -0.4 is 10.5 Å². The topological polar surface area (TPSA) is 102 Å². The predicted molar refractivity (Wildman–Crippen MR) is 106 cm³/mol. The second kappa shape index (κ2) is 8.83. The van der Waals surface area contributed by atoms with Gasteiger partial charge in [-0.1, -0.05) is 24.3 Å². The molecule has 8 heteroatoms. The Hall–Kier alpha value is -2.26. The second-order valence-corrected chi connectivity index (χ2v) is 8.46. The van der Waals surface area contributed by atoms with E-state index in [1.165, 1.54) is 12.1 Å². The highest BCUT2D eigenvalue weighted by molar-refractivity contribution is 7.89. The average molecular weight is 404 g/mol. The standard InChI is InChI=1S/C20H25N3O4S/c1-15(17-5-3-7-19(13-17)28(21,25)26)22-20(24)18-6-2-4-16(12-18)14-23-8-10-27-11-9-23/h2-7,12-13,15H,8-11,14H2,1H3,(H,22,24)(H2,21,25,26). The van der Waals surface area contributed by atoms with Gasteiger partial charge in [0.1, 0.15) is 0 Å². The summed E-state index contributed by atoms with van der Waals surface area (Å²) in [6.45, 7) is 5.81. The molecule has 2 aromatic rings. The summed E-state index contributed by atoms with van der Waals surface area (Å²) < 4.78 is 28.4. The molecule has 1 saturated heterocycles. The van der Waals surface area contributed by atoms with Crippen LogP contribution in [0.2, 0.25) is 0 Å². The van der Waals surface area contributed by atoms with Gasteiger partial charge >= 0.3 is 0 Å². The summed E-state index contributed by atoms with van der Waals surface area (Å²) in [5.41, 5.74) is 2.31. The number of morpholine rings is 1. The number of nitrogens with one attached hydrogen (secondary N) is 1. The van der Waals surface area contributed by atoms with Gasteiger partial charge in [-0.05, 0) is 42.3 Å². The number of nitrogens with zero attached hydrogens (tertiary/aromatic N) is 1. The number of rotatable bonds is 6. The van der Waals surface area contributed by atoms with E-state index in [2.05, 4.69) is 10.2 Å². The van der Waals surface area contributed by atoms with Crippen LogP contribution in [-0.4, -0.2) is 45.5 Å². The van der Waals surface area contributed by atoms with E-state index in [0.717, 1.165) is 38.4 Å². The minimum absolute atomic E-state index is 0.0265. The number of carbonyl (C=O) groups excluding carboxylic acids is 1. The number of primary sulfonamides is 1. The summed E-state index contributed by atoms with van der Waals surface area (Å²) in [6, 6.07) is 13.5. The second-order valence-electron chi connectivity index (χ2n) is 6.90. The molecular weight excluding hydrogens is 378 g/mol. The van der Waals surface area contributed by atoms with Crippen LogP contribution in [0.3, 0.4) is 0 Å². The molecule has 2 aromatic carbocycles. The average Bonchev–Trinajstić information content (AvgIpc) is 2.68. The van der Waals surface area contributed by atoms with Gasteiger partial charge in [0.25, 0.3) is 5.91 Å². The van der Waals surface area contributed by atoms with Crippen LogP contribution in [-0.2, 0) is 21.3 Å². The molecule has 0 aromatic heterocycles. The third kappa shape index (κ3) is 5.39. The first-order valence-corrected chi connectivity index (χ1v) is 10.7. The molecule has 0 saturated carbocycles. The maximum Gasteiger partial charge on any atom is 0.251 e. The van der Waals surface area contributed by atoms with Gasteiger partial charge < -0.3 is 10.1 Å². The van der Waals surface area contributed by atoms with Crippen molar-refractivity contribution in [3.05, 3.63) is 65.2 Å². The van der Waals surface area contributed by atoms with Crippen LogP contribution >= 0.6 is 0 Å². The number of amides is 1. The fourth-order valence-electron chi connectivity index (χ4n) is 3.15. The van der Waals surface area contributed by atoms with Crippen molar-refractivity contribution in [2.75, 3.05) is 26.3 Å². The molecular formula is C20H25N3O4S. The SMILES string of the molecule is CC(NC(=O)c1cccc(CN2CCOCC2)c1)c1cccc(S(N)(=O)=O)c1. The van der Waals surface area contributed by atoms with Crippen molar-refractivity contribution in [3.8, 4) is 0 Å². The summed E-state index contributed by atoms with van der Waals surface area (Å²) in [5, 5.41) is 8.10. The number of hydrogen-bond acceptors (Lipinski definition) is 5. The van der Waals surface area contributed by atoms with E-state index in [4.69, 9.17) is 9.88 Å². The lowest BCUT2D eigenvalue weighted by Gasteiger charge is -2.26. The number of nitrogens with two attached hydrogens (primary N) is 1. The molecule has 1 atom stereocenters. The van der Waals surface area contributed by atoms with Crippen LogP contribution in [0.4, 0.5) is 0 Å². The van der Waals surface area contributed by atoms with E-state index < -0.39 is 10.0 Å². The maximum absolute atomic E-state index is 12.7. The quantitative estimate of drug-likeness (QED) is 0.764. The first kappa shape index (κ1) is 20.5. The van der Waals surface area contributed by atoms with E-state index >= 15 is 0 Å². The first-order valence-electron chi connectivity index (χ1n) is 9.15. The Morgan fingerprint density at radius 3 is 2.61 bits per heavy atom. The summed E-state index contributed by atoms with van der Waals surface area (Å²) in [7, 11) is -3.79. The van der Waals surface area contributed by atoms with Crippen LogP contribution in [0.25, 0.3) is 0 Å². The van der Waals surface area contributed by atoms with Gasteiger partial charge in [0.15, 0.2) is 0 Å². The Morgan fingerprint density at radius 2 is 1.89 bits per heavy atom. The predicted octanol–water partition coefficient (Wildman–Crippen LogP) is 1.66. The third-order valence-corrected chi connectivity index (χ3v) is 5.64. The lowest BCUT2D eigenvalue weighted by Crippen LogP contribution is -2.35. The van der Waals surface area contributed by atoms with E-state index in [1.54, 1.807) is 25.1 Å². The van der Waals surface area contributed by atoms with Crippen LogP contribution in [0.15, 0.2) is 53.4 Å². The van der Waals surface area contributed by atoms with E-state index in [1.807, 2.05) is 18.2 Å². The van der Waals surface area contributed by atoms with E-state index in [-0.39, 0.29) is 16.8 Å². The maximum atomic E-state index is 12.7. The van der Waals surface area contributed by atoms with Crippen LogP contribution in [0, 0.1) is 0 Å². The van der Waals surface area contributed by atoms with E-state index in [9.17, 15) is 13.2 Å². The number of sulfonamides is 1. The first-order chi connectivity index (χ1) is 13.3. The van der Waals surface area contributed by atoms with E-state index in [0.29, 0.717) is 11.1 Å². The molecule has 1 aliphatic heterocycles. The molecule has 7 nitrogen and oxygen atoms in total. The molecule has 1 amide bonds. The van der Waals surface area contributed by atoms with Gasteiger partial charge in [-0.15, -0.1) is 0 Å². The zero-order valence-corrected chi connectivity index (χ0v) is 16.6. The normalized spacial score (nSPS) is 16.5. The highest BCUT2D eigenvalue weighted by Crippen LogP contribution is 2.18. The highest BCUT2D eigenvalue weighted by Gasteiger charge is 2.16. The Balaban J connectivity index is 1.68. The van der Waals surface area contributed by atoms with Gasteiger partial charge in [-0.25, -0.2) is 13.6 Å². The van der Waals surface area contributed by atoms with Crippen LogP contribution in [0.1, 0.15) is 34.5 Å². The molecule has 1 unspecified atom stereocenters. The zero-order valence-electron chi connectivity index (χ0n) is 15.8. The molecule has 0 spiro atoms. The summed E-state index contributed by atoms with van der Waals surface area (Å²) >= 11 is 0.